The fourth-order valence-electron chi connectivity index (χ4n) is 1.49. The molecule has 0 aliphatic carbocycles. The molecule has 1 unspecified atom stereocenters. The van der Waals surface area contributed by atoms with Crippen molar-refractivity contribution in [1.82, 2.24) is 0 Å². The molecule has 1 atom stereocenters. The van der Waals surface area contributed by atoms with Gasteiger partial charge in [-0.2, -0.15) is 0 Å². The molecule has 0 bridgehead atoms. The molecule has 1 saturated heterocycles. The summed E-state index contributed by atoms with van der Waals surface area (Å²) >= 11 is 1.44. The summed E-state index contributed by atoms with van der Waals surface area (Å²) in [5, 5.41) is 9.16. The van der Waals surface area contributed by atoms with E-state index in [0.29, 0.717) is 28.9 Å². The lowest BCUT2D eigenvalue weighted by atomic mass is 10.0. The summed E-state index contributed by atoms with van der Waals surface area (Å²) in [5.41, 5.74) is 0.490. The molecule has 2 rings (SSSR count). The van der Waals surface area contributed by atoms with Crippen molar-refractivity contribution in [3.05, 3.63) is 29.6 Å². The van der Waals surface area contributed by atoms with Crippen LogP contribution in [-0.2, 0) is 9.53 Å². The van der Waals surface area contributed by atoms with Gasteiger partial charge in [-0.15, -0.1) is 11.8 Å². The molecule has 0 aromatic heterocycles. The minimum Gasteiger partial charge on any atom is -0.481 e. The largest absolute Gasteiger partial charge is 0.481 e. The van der Waals surface area contributed by atoms with E-state index in [1.165, 1.54) is 17.8 Å². The summed E-state index contributed by atoms with van der Waals surface area (Å²) in [6.45, 7) is 2.85. The number of hydrogen-bond acceptors (Lipinski definition) is 3. The van der Waals surface area contributed by atoms with Gasteiger partial charge in [0.15, 0.2) is 0 Å². The van der Waals surface area contributed by atoms with Crippen molar-refractivity contribution in [2.45, 2.75) is 23.0 Å². The summed E-state index contributed by atoms with van der Waals surface area (Å²) in [7, 11) is 0. The Bertz CT molecular complexity index is 432. The highest BCUT2D eigenvalue weighted by Gasteiger charge is 2.22. The number of ether oxygens (including phenoxy) is 1. The van der Waals surface area contributed by atoms with Crippen LogP contribution in [0.25, 0.3) is 0 Å². The van der Waals surface area contributed by atoms with Crippen LogP contribution in [0.15, 0.2) is 23.1 Å². The van der Waals surface area contributed by atoms with E-state index in [1.54, 1.807) is 19.1 Å². The molecule has 1 fully saturated rings. The summed E-state index contributed by atoms with van der Waals surface area (Å²) < 4.78 is 18.8. The predicted molar refractivity (Wildman–Crippen MR) is 62.9 cm³/mol. The highest BCUT2D eigenvalue weighted by molar-refractivity contribution is 8.00. The Morgan fingerprint density at radius 3 is 2.76 bits per heavy atom. The summed E-state index contributed by atoms with van der Waals surface area (Å²) in [4.78, 5) is 11.3. The fraction of sp³-hybridized carbons (Fsp3) is 0.417. The van der Waals surface area contributed by atoms with Gasteiger partial charge in [0.2, 0.25) is 0 Å². The second kappa shape index (κ2) is 5.06. The number of carbonyl (C=O) groups is 1. The minimum atomic E-state index is -0.947. The number of halogens is 1. The quantitative estimate of drug-likeness (QED) is 0.899. The van der Waals surface area contributed by atoms with Gasteiger partial charge in [0, 0.05) is 4.90 Å². The first kappa shape index (κ1) is 12.4. The molecule has 17 heavy (non-hydrogen) atoms. The number of carboxylic acid groups (broad SMARTS) is 1. The van der Waals surface area contributed by atoms with Gasteiger partial charge in [-0.3, -0.25) is 4.79 Å². The van der Waals surface area contributed by atoms with Crippen molar-refractivity contribution in [2.75, 3.05) is 13.2 Å². The van der Waals surface area contributed by atoms with E-state index in [-0.39, 0.29) is 5.82 Å². The van der Waals surface area contributed by atoms with Gasteiger partial charge in [-0.25, -0.2) is 4.39 Å². The monoisotopic (exact) mass is 256 g/mol. The molecule has 92 valence electrons. The van der Waals surface area contributed by atoms with E-state index in [0.717, 1.165) is 0 Å². The molecule has 1 aromatic rings. The molecule has 0 radical (unpaired) electrons. The van der Waals surface area contributed by atoms with Crippen LogP contribution in [0, 0.1) is 5.82 Å². The molecule has 1 aliphatic rings. The average Bonchev–Trinajstić information content (AvgIpc) is 2.23. The molecule has 1 aliphatic heterocycles. The number of benzene rings is 1. The van der Waals surface area contributed by atoms with Gasteiger partial charge in [0.1, 0.15) is 5.82 Å². The molecule has 1 heterocycles. The highest BCUT2D eigenvalue weighted by Crippen LogP contribution is 2.31. The third-order valence-electron chi connectivity index (χ3n) is 2.73. The third kappa shape index (κ3) is 2.79. The summed E-state index contributed by atoms with van der Waals surface area (Å²) in [6.07, 6.45) is 0. The molecule has 0 amide bonds. The average molecular weight is 256 g/mol. The van der Waals surface area contributed by atoms with Crippen LogP contribution in [-0.4, -0.2) is 29.5 Å². The standard InChI is InChI=1S/C12H13FO3S/c1-7(12(14)15)8-2-3-11(10(13)4-8)17-9-5-16-6-9/h2-4,7,9H,5-6H2,1H3,(H,14,15). The zero-order valence-electron chi connectivity index (χ0n) is 9.35. The Morgan fingerprint density at radius 2 is 2.29 bits per heavy atom. The first-order valence-corrected chi connectivity index (χ1v) is 6.22. The van der Waals surface area contributed by atoms with Gasteiger partial charge < -0.3 is 9.84 Å². The topological polar surface area (TPSA) is 46.5 Å². The van der Waals surface area contributed by atoms with E-state index in [1.807, 2.05) is 0 Å². The van der Waals surface area contributed by atoms with Crippen LogP contribution < -0.4 is 0 Å². The molecular weight excluding hydrogens is 243 g/mol. The minimum absolute atomic E-state index is 0.312. The van der Waals surface area contributed by atoms with Gasteiger partial charge >= 0.3 is 5.97 Å². The number of aliphatic carboxylic acids is 1. The lowest BCUT2D eigenvalue weighted by Gasteiger charge is -2.25. The second-order valence-electron chi connectivity index (χ2n) is 4.03. The zero-order valence-corrected chi connectivity index (χ0v) is 10.2. The maximum Gasteiger partial charge on any atom is 0.310 e. The van der Waals surface area contributed by atoms with Crippen LogP contribution in [0.2, 0.25) is 0 Å². The van der Waals surface area contributed by atoms with Crippen molar-refractivity contribution in [3.63, 3.8) is 0 Å². The maximum atomic E-state index is 13.7. The Balaban J connectivity index is 2.13. The maximum absolute atomic E-state index is 13.7. The SMILES string of the molecule is CC(C(=O)O)c1ccc(SC2COC2)c(F)c1. The first-order chi connectivity index (χ1) is 8.08. The van der Waals surface area contributed by atoms with E-state index in [9.17, 15) is 9.18 Å². The number of carboxylic acids is 1. The normalized spacial score (nSPS) is 17.5. The Hall–Kier alpha value is -1.07. The van der Waals surface area contributed by atoms with Crippen LogP contribution >= 0.6 is 11.8 Å². The van der Waals surface area contributed by atoms with Gasteiger partial charge in [0.05, 0.1) is 24.4 Å². The van der Waals surface area contributed by atoms with Crippen LogP contribution in [0.4, 0.5) is 4.39 Å². The lowest BCUT2D eigenvalue weighted by Crippen LogP contribution is -2.30. The number of thioether (sulfide) groups is 1. The Labute approximate surface area is 103 Å². The first-order valence-electron chi connectivity index (χ1n) is 5.34. The van der Waals surface area contributed by atoms with Crippen LogP contribution in [0.5, 0.6) is 0 Å². The predicted octanol–water partition coefficient (Wildman–Crippen LogP) is 2.50. The molecule has 1 aromatic carbocycles. The zero-order chi connectivity index (χ0) is 12.4. The van der Waals surface area contributed by atoms with E-state index in [4.69, 9.17) is 9.84 Å². The number of hydrogen-bond donors (Lipinski definition) is 1. The van der Waals surface area contributed by atoms with Crippen LogP contribution in [0.1, 0.15) is 18.4 Å². The molecule has 3 nitrogen and oxygen atoms in total. The van der Waals surface area contributed by atoms with Crippen LogP contribution in [0.3, 0.4) is 0 Å². The highest BCUT2D eigenvalue weighted by atomic mass is 32.2. The second-order valence-corrected chi connectivity index (χ2v) is 5.37. The van der Waals surface area contributed by atoms with E-state index in [2.05, 4.69) is 0 Å². The lowest BCUT2D eigenvalue weighted by molar-refractivity contribution is -0.138. The van der Waals surface area contributed by atoms with Crippen molar-refractivity contribution < 1.29 is 19.0 Å². The van der Waals surface area contributed by atoms with E-state index >= 15 is 0 Å². The molecule has 0 spiro atoms. The van der Waals surface area contributed by atoms with Crippen molar-refractivity contribution in [3.8, 4) is 0 Å². The molecular formula is C12H13FO3S. The number of rotatable bonds is 4. The van der Waals surface area contributed by atoms with E-state index < -0.39 is 11.9 Å². The Kier molecular flexibility index (Phi) is 3.69. The van der Waals surface area contributed by atoms with Crippen molar-refractivity contribution >= 4 is 17.7 Å². The molecule has 5 heteroatoms. The van der Waals surface area contributed by atoms with Crippen molar-refractivity contribution in [1.29, 1.82) is 0 Å². The summed E-state index contributed by atoms with van der Waals surface area (Å²) in [5.74, 6) is -1.99. The van der Waals surface area contributed by atoms with Gasteiger partial charge in [-0.1, -0.05) is 6.07 Å². The smallest absolute Gasteiger partial charge is 0.310 e. The van der Waals surface area contributed by atoms with Crippen molar-refractivity contribution in [2.24, 2.45) is 0 Å². The van der Waals surface area contributed by atoms with Gasteiger partial charge in [0.25, 0.3) is 0 Å². The fourth-order valence-corrected chi connectivity index (χ4v) is 2.49. The van der Waals surface area contributed by atoms with Gasteiger partial charge in [-0.05, 0) is 24.6 Å². The Morgan fingerprint density at radius 1 is 1.59 bits per heavy atom. The third-order valence-corrected chi connectivity index (χ3v) is 3.92. The summed E-state index contributed by atoms with van der Waals surface area (Å²) in [6, 6.07) is 4.62. The molecule has 0 saturated carbocycles. The molecule has 1 N–H and O–H groups in total.